The number of carbonyl (C=O) groups excluding carboxylic acids is 1. The molecular weight excluding hydrogens is 252 g/mol. The molecule has 3 rings (SSSR count). The Bertz CT molecular complexity index is 477. The van der Waals surface area contributed by atoms with E-state index in [1.165, 1.54) is 0 Å². The third kappa shape index (κ3) is 2.66. The van der Waals surface area contributed by atoms with Crippen LogP contribution in [0, 0.1) is 11.8 Å². The second kappa shape index (κ2) is 5.83. The SMILES string of the molecule is CCc1ccccc1OCC(=O)N1C[C@H]2CNC[C@H]2C1. The first kappa shape index (κ1) is 13.4. The number of rotatable bonds is 4. The third-order valence-corrected chi connectivity index (χ3v) is 4.45. The molecule has 2 heterocycles. The number of aryl methyl sites for hydroxylation is 1. The van der Waals surface area contributed by atoms with Crippen LogP contribution in [0.3, 0.4) is 0 Å². The Morgan fingerprint density at radius 2 is 2.00 bits per heavy atom. The Morgan fingerprint density at radius 3 is 2.70 bits per heavy atom. The van der Waals surface area contributed by atoms with Crippen LogP contribution in [0.2, 0.25) is 0 Å². The van der Waals surface area contributed by atoms with Crippen molar-refractivity contribution in [1.29, 1.82) is 0 Å². The van der Waals surface area contributed by atoms with Gasteiger partial charge in [0.25, 0.3) is 5.91 Å². The monoisotopic (exact) mass is 274 g/mol. The van der Waals surface area contributed by atoms with Crippen LogP contribution in [0.15, 0.2) is 24.3 Å². The molecule has 2 aliphatic rings. The van der Waals surface area contributed by atoms with Gasteiger partial charge in [0.2, 0.25) is 0 Å². The van der Waals surface area contributed by atoms with Gasteiger partial charge in [-0.3, -0.25) is 4.79 Å². The van der Waals surface area contributed by atoms with Crippen molar-refractivity contribution in [2.24, 2.45) is 11.8 Å². The van der Waals surface area contributed by atoms with Crippen molar-refractivity contribution in [3.8, 4) is 5.75 Å². The fraction of sp³-hybridized carbons (Fsp3) is 0.562. The molecule has 4 heteroatoms. The second-order valence-corrected chi connectivity index (χ2v) is 5.73. The molecule has 0 spiro atoms. The first-order valence-corrected chi connectivity index (χ1v) is 7.47. The van der Waals surface area contributed by atoms with Crippen molar-refractivity contribution in [2.75, 3.05) is 32.8 Å². The predicted octanol–water partition coefficient (Wildman–Crippen LogP) is 1.31. The van der Waals surface area contributed by atoms with E-state index in [1.807, 2.05) is 29.2 Å². The minimum absolute atomic E-state index is 0.116. The smallest absolute Gasteiger partial charge is 0.260 e. The molecule has 0 unspecified atom stereocenters. The van der Waals surface area contributed by atoms with Crippen LogP contribution in [0.25, 0.3) is 0 Å². The highest BCUT2D eigenvalue weighted by molar-refractivity contribution is 5.78. The fourth-order valence-electron chi connectivity index (χ4n) is 3.23. The van der Waals surface area contributed by atoms with Crippen molar-refractivity contribution >= 4 is 5.91 Å². The van der Waals surface area contributed by atoms with Gasteiger partial charge >= 0.3 is 0 Å². The second-order valence-electron chi connectivity index (χ2n) is 5.73. The Morgan fingerprint density at radius 1 is 1.30 bits per heavy atom. The molecule has 2 aliphatic heterocycles. The molecule has 0 aromatic heterocycles. The quantitative estimate of drug-likeness (QED) is 0.900. The maximum absolute atomic E-state index is 12.2. The number of hydrogen-bond acceptors (Lipinski definition) is 3. The summed E-state index contributed by atoms with van der Waals surface area (Å²) in [6.07, 6.45) is 0.921. The zero-order valence-electron chi connectivity index (χ0n) is 12.0. The topological polar surface area (TPSA) is 41.6 Å². The Labute approximate surface area is 120 Å². The van der Waals surface area contributed by atoms with E-state index in [9.17, 15) is 4.79 Å². The number of fused-ring (bicyclic) bond motifs is 1. The normalized spacial score (nSPS) is 24.8. The van der Waals surface area contributed by atoms with Gasteiger partial charge in [-0.05, 0) is 29.9 Å². The van der Waals surface area contributed by atoms with Crippen LogP contribution in [0.1, 0.15) is 12.5 Å². The standard InChI is InChI=1S/C16H22N2O2/c1-2-12-5-3-4-6-15(12)20-11-16(19)18-9-13-7-17-8-14(13)10-18/h3-6,13-14,17H,2,7-11H2,1H3/t13-,14+. The van der Waals surface area contributed by atoms with Crippen LogP contribution >= 0.6 is 0 Å². The predicted molar refractivity (Wildman–Crippen MR) is 77.7 cm³/mol. The Balaban J connectivity index is 1.55. The van der Waals surface area contributed by atoms with E-state index in [0.717, 1.165) is 43.9 Å². The third-order valence-electron chi connectivity index (χ3n) is 4.45. The molecule has 0 saturated carbocycles. The summed E-state index contributed by atoms with van der Waals surface area (Å²) < 4.78 is 5.72. The number of ether oxygens (including phenoxy) is 1. The number of likely N-dealkylation sites (tertiary alicyclic amines) is 1. The van der Waals surface area contributed by atoms with Crippen LogP contribution in [-0.4, -0.2) is 43.6 Å². The minimum atomic E-state index is 0.116. The highest BCUT2D eigenvalue weighted by Gasteiger charge is 2.37. The van der Waals surface area contributed by atoms with Crippen LogP contribution < -0.4 is 10.1 Å². The van der Waals surface area contributed by atoms with Crippen LogP contribution in [0.5, 0.6) is 5.75 Å². The summed E-state index contributed by atoms with van der Waals surface area (Å²) in [5.74, 6) is 2.23. The molecule has 2 atom stereocenters. The molecular formula is C16H22N2O2. The lowest BCUT2D eigenvalue weighted by atomic mass is 10.0. The maximum atomic E-state index is 12.2. The molecule has 0 bridgehead atoms. The van der Waals surface area contributed by atoms with Gasteiger partial charge < -0.3 is 15.0 Å². The molecule has 1 amide bonds. The molecule has 108 valence electrons. The minimum Gasteiger partial charge on any atom is -0.483 e. The molecule has 2 fully saturated rings. The summed E-state index contributed by atoms with van der Waals surface area (Å²) >= 11 is 0. The lowest BCUT2D eigenvalue weighted by Crippen LogP contribution is -2.35. The van der Waals surface area contributed by atoms with Crippen LogP contribution in [0.4, 0.5) is 0 Å². The lowest BCUT2D eigenvalue weighted by Gasteiger charge is -2.18. The van der Waals surface area contributed by atoms with E-state index in [1.54, 1.807) is 0 Å². The van der Waals surface area contributed by atoms with Crippen molar-refractivity contribution in [3.05, 3.63) is 29.8 Å². The molecule has 4 nitrogen and oxygen atoms in total. The largest absolute Gasteiger partial charge is 0.483 e. The van der Waals surface area contributed by atoms with Gasteiger partial charge in [-0.2, -0.15) is 0 Å². The average Bonchev–Trinajstić information content (AvgIpc) is 3.06. The highest BCUT2D eigenvalue weighted by Crippen LogP contribution is 2.26. The Kier molecular flexibility index (Phi) is 3.92. The van der Waals surface area contributed by atoms with Crippen molar-refractivity contribution < 1.29 is 9.53 Å². The van der Waals surface area contributed by atoms with E-state index in [4.69, 9.17) is 4.74 Å². The zero-order valence-corrected chi connectivity index (χ0v) is 12.0. The molecule has 20 heavy (non-hydrogen) atoms. The van der Waals surface area contributed by atoms with Crippen molar-refractivity contribution in [2.45, 2.75) is 13.3 Å². The molecule has 0 radical (unpaired) electrons. The number of benzene rings is 1. The number of hydrogen-bond donors (Lipinski definition) is 1. The molecule has 2 saturated heterocycles. The van der Waals surface area contributed by atoms with Gasteiger partial charge in [-0.1, -0.05) is 25.1 Å². The van der Waals surface area contributed by atoms with Gasteiger partial charge in [0, 0.05) is 26.2 Å². The summed E-state index contributed by atoms with van der Waals surface area (Å²) in [5.41, 5.74) is 1.16. The molecule has 0 aliphatic carbocycles. The van der Waals surface area contributed by atoms with Gasteiger partial charge in [0.1, 0.15) is 5.75 Å². The number of amides is 1. The summed E-state index contributed by atoms with van der Waals surface area (Å²) in [6, 6.07) is 7.94. The van der Waals surface area contributed by atoms with Gasteiger partial charge in [0.15, 0.2) is 6.61 Å². The first-order chi connectivity index (χ1) is 9.78. The summed E-state index contributed by atoms with van der Waals surface area (Å²) in [5, 5.41) is 3.39. The van der Waals surface area contributed by atoms with Crippen molar-refractivity contribution in [1.82, 2.24) is 10.2 Å². The first-order valence-electron chi connectivity index (χ1n) is 7.47. The highest BCUT2D eigenvalue weighted by atomic mass is 16.5. The number of nitrogens with zero attached hydrogens (tertiary/aromatic N) is 1. The summed E-state index contributed by atoms with van der Waals surface area (Å²) in [6.45, 7) is 6.12. The lowest BCUT2D eigenvalue weighted by molar-refractivity contribution is -0.132. The molecule has 1 aromatic carbocycles. The average molecular weight is 274 g/mol. The maximum Gasteiger partial charge on any atom is 0.260 e. The Hall–Kier alpha value is -1.55. The van der Waals surface area contributed by atoms with E-state index in [2.05, 4.69) is 12.2 Å². The van der Waals surface area contributed by atoms with E-state index in [-0.39, 0.29) is 12.5 Å². The zero-order chi connectivity index (χ0) is 13.9. The van der Waals surface area contributed by atoms with Crippen LogP contribution in [-0.2, 0) is 11.2 Å². The number of carbonyl (C=O) groups is 1. The van der Waals surface area contributed by atoms with Gasteiger partial charge in [0.05, 0.1) is 0 Å². The van der Waals surface area contributed by atoms with Gasteiger partial charge in [-0.15, -0.1) is 0 Å². The van der Waals surface area contributed by atoms with Gasteiger partial charge in [-0.25, -0.2) is 0 Å². The summed E-state index contributed by atoms with van der Waals surface area (Å²) in [7, 11) is 0. The van der Waals surface area contributed by atoms with E-state index >= 15 is 0 Å². The molecule has 1 aromatic rings. The number of nitrogens with one attached hydrogen (secondary N) is 1. The van der Waals surface area contributed by atoms with Crippen molar-refractivity contribution in [3.63, 3.8) is 0 Å². The molecule has 1 N–H and O–H groups in total. The fourth-order valence-corrected chi connectivity index (χ4v) is 3.23. The van der Waals surface area contributed by atoms with E-state index in [0.29, 0.717) is 11.8 Å². The van der Waals surface area contributed by atoms with E-state index < -0.39 is 0 Å². The summed E-state index contributed by atoms with van der Waals surface area (Å²) in [4.78, 5) is 14.2. The number of para-hydroxylation sites is 1.